The number of benzene rings is 1. The van der Waals surface area contributed by atoms with Crippen molar-refractivity contribution in [3.05, 3.63) is 36.8 Å². The molecular formula is C12H6F11O. The highest BCUT2D eigenvalue weighted by molar-refractivity contribution is 5.29. The lowest BCUT2D eigenvalue weighted by Crippen LogP contribution is -2.67. The van der Waals surface area contributed by atoms with Gasteiger partial charge >= 0.3 is 30.1 Å². The Morgan fingerprint density at radius 3 is 1.42 bits per heavy atom. The smallest absolute Gasteiger partial charge is 0.428 e. The number of halogens is 11. The van der Waals surface area contributed by atoms with Crippen molar-refractivity contribution in [3.8, 4) is 5.75 Å². The molecule has 0 saturated carbocycles. The Balaban J connectivity index is 3.26. The molecule has 0 amide bonds. The zero-order valence-corrected chi connectivity index (χ0v) is 11.1. The van der Waals surface area contributed by atoms with E-state index in [2.05, 4.69) is 11.7 Å². The van der Waals surface area contributed by atoms with E-state index in [1.807, 2.05) is 0 Å². The van der Waals surface area contributed by atoms with Crippen molar-refractivity contribution in [1.82, 2.24) is 0 Å². The summed E-state index contributed by atoms with van der Waals surface area (Å²) in [5, 5.41) is 0. The van der Waals surface area contributed by atoms with Crippen LogP contribution in [0.2, 0.25) is 0 Å². The van der Waals surface area contributed by atoms with Gasteiger partial charge in [-0.25, -0.2) is 0 Å². The van der Waals surface area contributed by atoms with Crippen molar-refractivity contribution in [1.29, 1.82) is 0 Å². The topological polar surface area (TPSA) is 9.23 Å². The lowest BCUT2D eigenvalue weighted by Gasteiger charge is -2.36. The fraction of sp³-hybridized carbons (Fsp3) is 0.417. The molecule has 0 aliphatic heterocycles. The summed E-state index contributed by atoms with van der Waals surface area (Å²) in [6.45, 7) is 3.27. The number of alkyl halides is 11. The summed E-state index contributed by atoms with van der Waals surface area (Å²) >= 11 is 0. The summed E-state index contributed by atoms with van der Waals surface area (Å²) < 4.78 is 143. The third-order valence-electron chi connectivity index (χ3n) is 2.68. The molecule has 1 aromatic rings. The maximum atomic E-state index is 13.2. The molecule has 1 aromatic carbocycles. The lowest BCUT2D eigenvalue weighted by atomic mass is 10.0. The van der Waals surface area contributed by atoms with Gasteiger partial charge in [-0.05, 0) is 24.6 Å². The van der Waals surface area contributed by atoms with Crippen LogP contribution >= 0.6 is 0 Å². The van der Waals surface area contributed by atoms with Gasteiger partial charge in [0.25, 0.3) is 0 Å². The molecule has 24 heavy (non-hydrogen) atoms. The first kappa shape index (κ1) is 20.3. The van der Waals surface area contributed by atoms with Crippen molar-refractivity contribution in [2.24, 2.45) is 0 Å². The Morgan fingerprint density at radius 1 is 0.625 bits per heavy atom. The van der Waals surface area contributed by atoms with Crippen LogP contribution in [0.15, 0.2) is 24.3 Å². The zero-order chi connectivity index (χ0) is 19.2. The Kier molecular flexibility index (Phi) is 4.78. The van der Waals surface area contributed by atoms with Crippen LogP contribution in [0.3, 0.4) is 0 Å². The van der Waals surface area contributed by atoms with Gasteiger partial charge in [-0.1, -0.05) is 12.1 Å². The molecule has 0 N–H and O–H groups in total. The van der Waals surface area contributed by atoms with Gasteiger partial charge in [0.15, 0.2) is 0 Å². The van der Waals surface area contributed by atoms with E-state index in [9.17, 15) is 48.3 Å². The monoisotopic (exact) mass is 375 g/mol. The van der Waals surface area contributed by atoms with E-state index < -0.39 is 35.8 Å². The van der Waals surface area contributed by atoms with Gasteiger partial charge < -0.3 is 4.74 Å². The minimum absolute atomic E-state index is 0.159. The average Bonchev–Trinajstić information content (AvgIpc) is 2.39. The second kappa shape index (κ2) is 5.66. The van der Waals surface area contributed by atoms with E-state index in [-0.39, 0.29) is 5.56 Å². The third kappa shape index (κ3) is 3.09. The fourth-order valence-electron chi connectivity index (χ4n) is 1.33. The molecular weight excluding hydrogens is 369 g/mol. The van der Waals surface area contributed by atoms with E-state index in [0.29, 0.717) is 12.1 Å². The average molecular weight is 375 g/mol. The molecule has 0 atom stereocenters. The first-order valence-electron chi connectivity index (χ1n) is 5.66. The standard InChI is InChI=1S/C12H6F11O/c1-6-2-4-7(5-3-6)24-12(22,23)10(17,18)8(13,14)9(15,16)11(19,20)21/h2-5H,1H2. The minimum atomic E-state index is -7.49. The van der Waals surface area contributed by atoms with E-state index in [4.69, 9.17) is 0 Å². The molecule has 1 nitrogen and oxygen atoms in total. The van der Waals surface area contributed by atoms with Crippen LogP contribution in [-0.4, -0.2) is 30.1 Å². The van der Waals surface area contributed by atoms with Crippen LogP contribution in [0, 0.1) is 6.92 Å². The normalized spacial score (nSPS) is 14.7. The molecule has 0 bridgehead atoms. The molecule has 1 rings (SSSR count). The van der Waals surface area contributed by atoms with Crippen LogP contribution in [0.1, 0.15) is 5.56 Å². The number of ether oxygens (including phenoxy) is 1. The summed E-state index contributed by atoms with van der Waals surface area (Å²) in [7, 11) is 0. The Hall–Kier alpha value is -1.75. The SMILES string of the molecule is [CH2]c1ccc(OC(F)(F)C(F)(F)C(F)(F)C(F)(F)C(F)(F)F)cc1. The van der Waals surface area contributed by atoms with Crippen LogP contribution in [0.4, 0.5) is 48.3 Å². The molecule has 0 aromatic heterocycles. The van der Waals surface area contributed by atoms with E-state index in [0.717, 1.165) is 12.1 Å². The molecule has 0 heterocycles. The van der Waals surface area contributed by atoms with Crippen LogP contribution < -0.4 is 4.74 Å². The first-order chi connectivity index (χ1) is 10.5. The van der Waals surface area contributed by atoms with Crippen LogP contribution in [0.5, 0.6) is 5.75 Å². The zero-order valence-electron chi connectivity index (χ0n) is 11.1. The number of rotatable bonds is 5. The molecule has 1 radical (unpaired) electrons. The van der Waals surface area contributed by atoms with Gasteiger partial charge in [-0.3, -0.25) is 0 Å². The molecule has 137 valence electrons. The van der Waals surface area contributed by atoms with Crippen molar-refractivity contribution in [2.45, 2.75) is 30.1 Å². The summed E-state index contributed by atoms with van der Waals surface area (Å²) in [6.07, 6.45) is -13.6. The lowest BCUT2D eigenvalue weighted by molar-refractivity contribution is -0.445. The van der Waals surface area contributed by atoms with Crippen molar-refractivity contribution in [2.75, 3.05) is 0 Å². The van der Waals surface area contributed by atoms with E-state index in [1.165, 1.54) is 0 Å². The number of hydrogen-bond acceptors (Lipinski definition) is 1. The van der Waals surface area contributed by atoms with E-state index in [1.54, 1.807) is 0 Å². The van der Waals surface area contributed by atoms with Gasteiger partial charge in [0.2, 0.25) is 0 Å². The quantitative estimate of drug-likeness (QED) is 0.634. The maximum absolute atomic E-state index is 13.2. The second-order valence-corrected chi connectivity index (χ2v) is 4.48. The summed E-state index contributed by atoms with van der Waals surface area (Å²) in [4.78, 5) is 0. The second-order valence-electron chi connectivity index (χ2n) is 4.48. The van der Waals surface area contributed by atoms with Crippen LogP contribution in [-0.2, 0) is 0 Å². The largest absolute Gasteiger partial charge is 0.471 e. The molecule has 0 unspecified atom stereocenters. The van der Waals surface area contributed by atoms with Crippen molar-refractivity contribution >= 4 is 0 Å². The highest BCUT2D eigenvalue weighted by Crippen LogP contribution is 2.57. The fourth-order valence-corrected chi connectivity index (χ4v) is 1.33. The van der Waals surface area contributed by atoms with Gasteiger partial charge in [-0.2, -0.15) is 48.3 Å². The summed E-state index contributed by atoms with van der Waals surface area (Å²) in [5.74, 6) is -23.3. The minimum Gasteiger partial charge on any atom is -0.428 e. The van der Waals surface area contributed by atoms with Gasteiger partial charge in [0, 0.05) is 0 Å². The highest BCUT2D eigenvalue weighted by Gasteiger charge is 2.88. The first-order valence-corrected chi connectivity index (χ1v) is 5.66. The third-order valence-corrected chi connectivity index (χ3v) is 2.68. The van der Waals surface area contributed by atoms with Gasteiger partial charge in [-0.15, -0.1) is 0 Å². The molecule has 0 aliphatic rings. The predicted molar refractivity (Wildman–Crippen MR) is 57.4 cm³/mol. The summed E-state index contributed by atoms with van der Waals surface area (Å²) in [5.41, 5.74) is 0.159. The van der Waals surface area contributed by atoms with E-state index >= 15 is 0 Å². The van der Waals surface area contributed by atoms with Gasteiger partial charge in [0.1, 0.15) is 5.75 Å². The Labute approximate surface area is 127 Å². The van der Waals surface area contributed by atoms with Crippen molar-refractivity contribution < 1.29 is 53.0 Å². The van der Waals surface area contributed by atoms with Crippen LogP contribution in [0.25, 0.3) is 0 Å². The predicted octanol–water partition coefficient (Wildman–Crippen LogP) is 5.31. The molecule has 0 spiro atoms. The maximum Gasteiger partial charge on any atom is 0.471 e. The Morgan fingerprint density at radius 2 is 1.04 bits per heavy atom. The molecule has 0 aliphatic carbocycles. The molecule has 0 saturated heterocycles. The molecule has 0 fully saturated rings. The summed E-state index contributed by atoms with van der Waals surface area (Å²) in [6, 6.07) is 2.91. The Bertz CT molecular complexity index is 574. The highest BCUT2D eigenvalue weighted by atomic mass is 19.4. The van der Waals surface area contributed by atoms with Crippen molar-refractivity contribution in [3.63, 3.8) is 0 Å². The number of hydrogen-bond donors (Lipinski definition) is 0. The molecule has 12 heteroatoms. The van der Waals surface area contributed by atoms with Gasteiger partial charge in [0.05, 0.1) is 0 Å².